The van der Waals surface area contributed by atoms with E-state index < -0.39 is 23.6 Å². The summed E-state index contributed by atoms with van der Waals surface area (Å²) in [6, 6.07) is 0. The molecule has 0 fully saturated rings. The molecule has 0 saturated carbocycles. The smallest absolute Gasteiger partial charge is 0.293 e. The summed E-state index contributed by atoms with van der Waals surface area (Å²) in [7, 11) is 0. The van der Waals surface area contributed by atoms with E-state index in [1.54, 1.807) is 20.0 Å². The van der Waals surface area contributed by atoms with E-state index in [0.717, 1.165) is 0 Å². The van der Waals surface area contributed by atoms with Crippen LogP contribution in [-0.4, -0.2) is 66.4 Å². The number of aryl methyl sites for hydroxylation is 2. The van der Waals surface area contributed by atoms with Crippen molar-refractivity contribution in [2.45, 2.75) is 20.3 Å². The molecule has 0 aliphatic rings. The second-order valence-corrected chi connectivity index (χ2v) is 8.56. The molecule has 16 nitrogen and oxygen atoms in total. The third-order valence-electron chi connectivity index (χ3n) is 4.80. The Hall–Kier alpha value is -4.80. The number of rotatable bonds is 10. The molecule has 0 saturated heterocycles. The van der Waals surface area contributed by atoms with E-state index in [9.17, 15) is 19.2 Å². The number of hydrogen-bond acceptors (Lipinski definition) is 8. The van der Waals surface area contributed by atoms with Crippen LogP contribution in [0.1, 0.15) is 49.3 Å². The molecule has 3 aromatic heterocycles. The molecule has 4 amide bonds. The normalized spacial score (nSPS) is 10.5. The Morgan fingerprint density at radius 3 is 2.43 bits per heavy atom. The van der Waals surface area contributed by atoms with Gasteiger partial charge in [-0.15, -0.1) is 5.10 Å². The lowest BCUT2D eigenvalue weighted by atomic mass is 10.2. The summed E-state index contributed by atoms with van der Waals surface area (Å²) in [5.41, 5.74) is 6.46. The maximum absolute atomic E-state index is 13.1. The number of aromatic amines is 3. The van der Waals surface area contributed by atoms with Gasteiger partial charge in [-0.25, -0.2) is 0 Å². The van der Waals surface area contributed by atoms with E-state index in [4.69, 9.17) is 11.1 Å². The fourth-order valence-electron chi connectivity index (χ4n) is 2.94. The molecular weight excluding hydrogens is 552 g/mol. The summed E-state index contributed by atoms with van der Waals surface area (Å²) in [6.07, 6.45) is 1.72. The molecule has 17 heteroatoms. The Balaban J connectivity index is 1.74. The molecule has 10 N–H and O–H groups in total. The fourth-order valence-corrected chi connectivity index (χ4v) is 3.04. The Bertz CT molecular complexity index is 1400. The lowest BCUT2D eigenvalue weighted by molar-refractivity contribution is -0.112. The number of aromatic nitrogens is 6. The van der Waals surface area contributed by atoms with Gasteiger partial charge < -0.3 is 26.7 Å². The van der Waals surface area contributed by atoms with E-state index >= 15 is 0 Å². The van der Waals surface area contributed by atoms with Gasteiger partial charge in [0, 0.05) is 19.2 Å². The van der Waals surface area contributed by atoms with Crippen LogP contribution in [0.5, 0.6) is 0 Å². The molecule has 3 heterocycles. The van der Waals surface area contributed by atoms with Crippen LogP contribution in [0.4, 0.5) is 17.3 Å². The first-order chi connectivity index (χ1) is 17.5. The quantitative estimate of drug-likeness (QED) is 0.0950. The molecule has 0 aliphatic heterocycles. The summed E-state index contributed by atoms with van der Waals surface area (Å²) in [6.45, 7) is 6.83. The van der Waals surface area contributed by atoms with Gasteiger partial charge in [0.15, 0.2) is 5.69 Å². The largest absolute Gasteiger partial charge is 0.388 e. The fraction of sp³-hybridized carbons (Fsp3) is 0.200. The molecule has 0 radical (unpaired) electrons. The van der Waals surface area contributed by atoms with Gasteiger partial charge in [0.25, 0.3) is 23.6 Å². The van der Waals surface area contributed by atoms with Gasteiger partial charge in [0.1, 0.15) is 5.69 Å². The highest BCUT2D eigenvalue weighted by molar-refractivity contribution is 9.12. The minimum Gasteiger partial charge on any atom is -0.388 e. The summed E-state index contributed by atoms with van der Waals surface area (Å²) < 4.78 is 0.0438. The van der Waals surface area contributed by atoms with Gasteiger partial charge in [-0.3, -0.25) is 40.1 Å². The molecule has 0 aromatic carbocycles. The van der Waals surface area contributed by atoms with Crippen LogP contribution in [0.15, 0.2) is 17.3 Å². The third kappa shape index (κ3) is 6.45. The number of amides is 4. The van der Waals surface area contributed by atoms with E-state index in [1.807, 2.05) is 0 Å². The first-order valence-electron chi connectivity index (χ1n) is 10.5. The molecular formula is C20H23BrN12O4. The zero-order valence-corrected chi connectivity index (χ0v) is 21.2. The van der Waals surface area contributed by atoms with Gasteiger partial charge in [-0.1, -0.05) is 6.58 Å². The molecule has 3 rings (SSSR count). The van der Waals surface area contributed by atoms with Crippen LogP contribution < -0.4 is 27.0 Å². The topological polar surface area (TPSA) is 252 Å². The zero-order valence-electron chi connectivity index (χ0n) is 19.6. The third-order valence-corrected chi connectivity index (χ3v) is 5.16. The SMILES string of the molecule is C=C(Br)C(=O)Nc1n[nH]c(C(=O)Nc2c(C(=O)Nc3c(C)c[nH]c3C(=O)NCCC(=N)N)n[nH]c2C)n1. The summed E-state index contributed by atoms with van der Waals surface area (Å²) in [4.78, 5) is 56.6. The van der Waals surface area contributed by atoms with E-state index in [-0.39, 0.29) is 57.8 Å². The monoisotopic (exact) mass is 574 g/mol. The minimum atomic E-state index is -0.757. The summed E-state index contributed by atoms with van der Waals surface area (Å²) in [5, 5.41) is 30.0. The van der Waals surface area contributed by atoms with Gasteiger partial charge in [0.05, 0.1) is 27.4 Å². The second-order valence-electron chi connectivity index (χ2n) is 7.60. The molecule has 37 heavy (non-hydrogen) atoms. The van der Waals surface area contributed by atoms with Gasteiger partial charge >= 0.3 is 0 Å². The maximum Gasteiger partial charge on any atom is 0.293 e. The van der Waals surface area contributed by atoms with Crippen molar-refractivity contribution in [1.29, 1.82) is 5.41 Å². The second kappa shape index (κ2) is 11.3. The van der Waals surface area contributed by atoms with E-state index in [0.29, 0.717) is 11.3 Å². The van der Waals surface area contributed by atoms with Crippen LogP contribution >= 0.6 is 15.9 Å². The lowest BCUT2D eigenvalue weighted by Crippen LogP contribution is -2.29. The van der Waals surface area contributed by atoms with Gasteiger partial charge in [-0.05, 0) is 35.3 Å². The highest BCUT2D eigenvalue weighted by Gasteiger charge is 2.25. The van der Waals surface area contributed by atoms with Gasteiger partial charge in [-0.2, -0.15) is 10.1 Å². The van der Waals surface area contributed by atoms with Crippen molar-refractivity contribution in [1.82, 2.24) is 35.7 Å². The number of amidine groups is 1. The number of nitrogens with two attached hydrogens (primary N) is 1. The minimum absolute atomic E-state index is 0.0438. The molecule has 0 bridgehead atoms. The van der Waals surface area contributed by atoms with Crippen molar-refractivity contribution in [3.05, 3.63) is 45.7 Å². The zero-order chi connectivity index (χ0) is 27.3. The summed E-state index contributed by atoms with van der Waals surface area (Å²) >= 11 is 2.92. The highest BCUT2D eigenvalue weighted by Crippen LogP contribution is 2.24. The van der Waals surface area contributed by atoms with Crippen molar-refractivity contribution >= 4 is 62.7 Å². The van der Waals surface area contributed by atoms with Crippen molar-refractivity contribution in [2.24, 2.45) is 5.73 Å². The van der Waals surface area contributed by atoms with E-state index in [2.05, 4.69) is 74.1 Å². The maximum atomic E-state index is 13.1. The molecule has 0 spiro atoms. The van der Waals surface area contributed by atoms with Crippen LogP contribution in [0.25, 0.3) is 0 Å². The Morgan fingerprint density at radius 1 is 1.05 bits per heavy atom. The van der Waals surface area contributed by atoms with Crippen molar-refractivity contribution in [3.63, 3.8) is 0 Å². The number of anilines is 3. The predicted molar refractivity (Wildman–Crippen MR) is 137 cm³/mol. The van der Waals surface area contributed by atoms with E-state index in [1.165, 1.54) is 0 Å². The number of nitrogens with one attached hydrogen (secondary N) is 8. The van der Waals surface area contributed by atoms with Crippen molar-refractivity contribution < 1.29 is 19.2 Å². The predicted octanol–water partition coefficient (Wildman–Crippen LogP) is 0.880. The van der Waals surface area contributed by atoms with Crippen LogP contribution in [0.3, 0.4) is 0 Å². The van der Waals surface area contributed by atoms with Crippen LogP contribution in [0, 0.1) is 19.3 Å². The molecule has 0 atom stereocenters. The standard InChI is InChI=1S/C20H23BrN12O4/c1-7-6-25-13(17(35)24-5-4-10(22)23)11(7)26-18(36)14-12(9(3)30-31-14)27-19(37)15-28-20(33-32-15)29-16(34)8(2)21/h6,25H,2,4-5H2,1,3H3,(H3,22,23)(H,24,35)(H,26,36)(H,27,37)(H,30,31)(H2,28,29,32,33,34). The molecule has 194 valence electrons. The Labute approximate surface area is 217 Å². The molecule has 0 aliphatic carbocycles. The molecule has 0 unspecified atom stereocenters. The number of hydrogen-bond donors (Lipinski definition) is 9. The Kier molecular flexibility index (Phi) is 8.18. The lowest BCUT2D eigenvalue weighted by Gasteiger charge is -2.09. The van der Waals surface area contributed by atoms with Crippen molar-refractivity contribution in [3.8, 4) is 0 Å². The molecule has 3 aromatic rings. The number of halogens is 1. The average molecular weight is 575 g/mol. The van der Waals surface area contributed by atoms with Crippen LogP contribution in [0.2, 0.25) is 0 Å². The first kappa shape index (κ1) is 26.8. The number of nitrogens with zero attached hydrogens (tertiary/aromatic N) is 3. The summed E-state index contributed by atoms with van der Waals surface area (Å²) in [5.74, 6) is -3.04. The number of carbonyl (C=O) groups excluding carboxylic acids is 4. The van der Waals surface area contributed by atoms with Gasteiger partial charge in [0.2, 0.25) is 11.8 Å². The average Bonchev–Trinajstić information content (AvgIpc) is 3.53. The highest BCUT2D eigenvalue weighted by atomic mass is 79.9. The van der Waals surface area contributed by atoms with Crippen molar-refractivity contribution in [2.75, 3.05) is 22.5 Å². The first-order valence-corrected chi connectivity index (χ1v) is 11.3. The Morgan fingerprint density at radius 2 is 1.76 bits per heavy atom. The number of carbonyl (C=O) groups is 4. The van der Waals surface area contributed by atoms with Crippen LogP contribution in [-0.2, 0) is 4.79 Å². The number of H-pyrrole nitrogens is 3.